The van der Waals surface area contributed by atoms with E-state index in [0.29, 0.717) is 11.4 Å². The maximum Gasteiger partial charge on any atom is 0.290 e. The summed E-state index contributed by atoms with van der Waals surface area (Å²) in [5.41, 5.74) is 1.99. The van der Waals surface area contributed by atoms with Gasteiger partial charge in [0.1, 0.15) is 12.4 Å². The number of carbonyl (C=O) groups is 2. The van der Waals surface area contributed by atoms with E-state index in [1.165, 1.54) is 23.3 Å². The van der Waals surface area contributed by atoms with Crippen LogP contribution >= 0.6 is 11.6 Å². The Labute approximate surface area is 199 Å². The number of benzene rings is 2. The standard InChI is InChI=1S/C25H20ClFN4O3/c26-19-13-18(10-11-20(19)27)31-14-21(16-5-2-1-3-6-16)28-25(31)29-23(32)15-30(17-8-9-17)24(33)22-7-4-12-34-22/h1-7,10-14,17H,8-9,15H2,(H,28,29,32). The second kappa shape index (κ2) is 9.15. The Morgan fingerprint density at radius 2 is 1.94 bits per heavy atom. The van der Waals surface area contributed by atoms with Crippen LogP contribution in [0.5, 0.6) is 0 Å². The van der Waals surface area contributed by atoms with E-state index in [9.17, 15) is 14.0 Å². The van der Waals surface area contributed by atoms with Crippen LogP contribution in [0.4, 0.5) is 10.3 Å². The summed E-state index contributed by atoms with van der Waals surface area (Å²) >= 11 is 5.99. The van der Waals surface area contributed by atoms with Gasteiger partial charge >= 0.3 is 0 Å². The molecule has 0 spiro atoms. The predicted octanol–water partition coefficient (Wildman–Crippen LogP) is 5.17. The van der Waals surface area contributed by atoms with Crippen LogP contribution in [-0.2, 0) is 4.79 Å². The maximum atomic E-state index is 13.7. The van der Waals surface area contributed by atoms with Crippen LogP contribution in [0, 0.1) is 5.82 Å². The van der Waals surface area contributed by atoms with Gasteiger partial charge in [0.25, 0.3) is 5.91 Å². The first-order chi connectivity index (χ1) is 16.5. The van der Waals surface area contributed by atoms with Gasteiger partial charge in [0.2, 0.25) is 11.9 Å². The molecule has 0 aliphatic heterocycles. The van der Waals surface area contributed by atoms with Crippen molar-refractivity contribution in [1.29, 1.82) is 0 Å². The van der Waals surface area contributed by atoms with Crippen LogP contribution in [-0.4, -0.2) is 38.9 Å². The zero-order chi connectivity index (χ0) is 23.7. The van der Waals surface area contributed by atoms with Crippen molar-refractivity contribution in [1.82, 2.24) is 14.5 Å². The quantitative estimate of drug-likeness (QED) is 0.397. The van der Waals surface area contributed by atoms with Crippen molar-refractivity contribution >= 4 is 29.4 Å². The van der Waals surface area contributed by atoms with Gasteiger partial charge in [-0.05, 0) is 43.2 Å². The third-order valence-corrected chi connectivity index (χ3v) is 5.79. The third-order valence-electron chi connectivity index (χ3n) is 5.50. The highest BCUT2D eigenvalue weighted by Gasteiger charge is 2.35. The lowest BCUT2D eigenvalue weighted by Crippen LogP contribution is -2.39. The van der Waals surface area contributed by atoms with Crippen LogP contribution in [0.3, 0.4) is 0 Å². The normalized spacial score (nSPS) is 13.0. The molecule has 0 bridgehead atoms. The zero-order valence-electron chi connectivity index (χ0n) is 17.9. The lowest BCUT2D eigenvalue weighted by atomic mass is 10.2. The Morgan fingerprint density at radius 3 is 2.62 bits per heavy atom. The summed E-state index contributed by atoms with van der Waals surface area (Å²) in [5.74, 6) is -0.870. The van der Waals surface area contributed by atoms with Crippen LogP contribution in [0.15, 0.2) is 77.5 Å². The minimum atomic E-state index is -0.545. The van der Waals surface area contributed by atoms with E-state index in [4.69, 9.17) is 16.0 Å². The van der Waals surface area contributed by atoms with Gasteiger partial charge < -0.3 is 9.32 Å². The van der Waals surface area contributed by atoms with E-state index >= 15 is 0 Å². The van der Waals surface area contributed by atoms with Crippen molar-refractivity contribution in [3.8, 4) is 16.9 Å². The molecule has 1 fully saturated rings. The maximum absolute atomic E-state index is 13.7. The molecule has 0 saturated heterocycles. The molecule has 2 aromatic heterocycles. The molecule has 34 heavy (non-hydrogen) atoms. The number of anilines is 1. The molecule has 1 aliphatic carbocycles. The van der Waals surface area contributed by atoms with Crippen LogP contribution in [0.1, 0.15) is 23.4 Å². The molecular weight excluding hydrogens is 459 g/mol. The van der Waals surface area contributed by atoms with Crippen molar-refractivity contribution in [3.05, 3.63) is 89.7 Å². The largest absolute Gasteiger partial charge is 0.459 e. The highest BCUT2D eigenvalue weighted by molar-refractivity contribution is 6.30. The van der Waals surface area contributed by atoms with E-state index in [-0.39, 0.29) is 35.2 Å². The number of carbonyl (C=O) groups excluding carboxylic acids is 2. The number of amides is 2. The summed E-state index contributed by atoms with van der Waals surface area (Å²) < 4.78 is 20.6. The fourth-order valence-corrected chi connectivity index (χ4v) is 3.84. The summed E-state index contributed by atoms with van der Waals surface area (Å²) in [6.45, 7) is -0.151. The van der Waals surface area contributed by atoms with Crippen molar-refractivity contribution in [3.63, 3.8) is 0 Å². The number of imidazole rings is 1. The molecule has 1 N–H and O–H groups in total. The first-order valence-corrected chi connectivity index (χ1v) is 11.1. The molecule has 2 heterocycles. The van der Waals surface area contributed by atoms with Crippen molar-refractivity contribution in [2.75, 3.05) is 11.9 Å². The molecular formula is C25H20ClFN4O3. The van der Waals surface area contributed by atoms with Crippen molar-refractivity contribution in [2.45, 2.75) is 18.9 Å². The molecule has 2 amide bonds. The second-order valence-electron chi connectivity index (χ2n) is 7.97. The van der Waals surface area contributed by atoms with E-state index < -0.39 is 11.7 Å². The molecule has 7 nitrogen and oxygen atoms in total. The zero-order valence-corrected chi connectivity index (χ0v) is 18.7. The fraction of sp³-hybridized carbons (Fsp3) is 0.160. The second-order valence-corrected chi connectivity index (χ2v) is 8.38. The lowest BCUT2D eigenvalue weighted by molar-refractivity contribution is -0.117. The van der Waals surface area contributed by atoms with E-state index in [1.807, 2.05) is 30.3 Å². The van der Waals surface area contributed by atoms with Gasteiger partial charge in [-0.2, -0.15) is 0 Å². The number of hydrogen-bond acceptors (Lipinski definition) is 4. The van der Waals surface area contributed by atoms with Gasteiger partial charge in [-0.1, -0.05) is 41.9 Å². The van der Waals surface area contributed by atoms with Gasteiger partial charge in [-0.3, -0.25) is 19.5 Å². The van der Waals surface area contributed by atoms with E-state index in [2.05, 4.69) is 10.3 Å². The molecule has 0 atom stereocenters. The van der Waals surface area contributed by atoms with E-state index in [1.54, 1.807) is 29.0 Å². The SMILES string of the molecule is O=C(CN(C(=O)c1ccco1)C1CC1)Nc1nc(-c2ccccc2)cn1-c1ccc(F)c(Cl)c1. The van der Waals surface area contributed by atoms with Crippen LogP contribution in [0.2, 0.25) is 5.02 Å². The molecule has 4 aromatic rings. The highest BCUT2D eigenvalue weighted by atomic mass is 35.5. The summed E-state index contributed by atoms with van der Waals surface area (Å²) in [7, 11) is 0. The monoisotopic (exact) mass is 478 g/mol. The molecule has 5 rings (SSSR count). The van der Waals surface area contributed by atoms with Crippen molar-refractivity contribution in [2.24, 2.45) is 0 Å². The average molecular weight is 479 g/mol. The van der Waals surface area contributed by atoms with Gasteiger partial charge in [-0.25, -0.2) is 9.37 Å². The fourth-order valence-electron chi connectivity index (χ4n) is 3.66. The van der Waals surface area contributed by atoms with Crippen LogP contribution in [0.25, 0.3) is 16.9 Å². The molecule has 0 unspecified atom stereocenters. The molecule has 1 aliphatic rings. The molecule has 172 valence electrons. The van der Waals surface area contributed by atoms with Gasteiger partial charge in [0.05, 0.1) is 22.7 Å². The van der Waals surface area contributed by atoms with Gasteiger partial charge in [0.15, 0.2) is 5.76 Å². The average Bonchev–Trinajstić information content (AvgIpc) is 3.36. The molecule has 0 radical (unpaired) electrons. The van der Waals surface area contributed by atoms with Crippen molar-refractivity contribution < 1.29 is 18.4 Å². The first-order valence-electron chi connectivity index (χ1n) is 10.7. The number of nitrogens with one attached hydrogen (secondary N) is 1. The van der Waals surface area contributed by atoms with E-state index in [0.717, 1.165) is 18.4 Å². The first kappa shape index (κ1) is 21.9. The third kappa shape index (κ3) is 4.58. The summed E-state index contributed by atoms with van der Waals surface area (Å²) in [4.78, 5) is 31.9. The highest BCUT2D eigenvalue weighted by Crippen LogP contribution is 2.29. The summed E-state index contributed by atoms with van der Waals surface area (Å²) in [6.07, 6.45) is 4.83. The molecule has 1 saturated carbocycles. The Bertz CT molecular complexity index is 1330. The Morgan fingerprint density at radius 1 is 1.15 bits per heavy atom. The number of halogens is 2. The van der Waals surface area contributed by atoms with Crippen LogP contribution < -0.4 is 5.32 Å². The number of aromatic nitrogens is 2. The minimum Gasteiger partial charge on any atom is -0.459 e. The number of nitrogens with zero attached hydrogens (tertiary/aromatic N) is 3. The minimum absolute atomic E-state index is 0.00104. The Hall–Kier alpha value is -3.91. The number of rotatable bonds is 7. The predicted molar refractivity (Wildman–Crippen MR) is 125 cm³/mol. The topological polar surface area (TPSA) is 80.4 Å². The Kier molecular flexibility index (Phi) is 5.90. The van der Waals surface area contributed by atoms with Gasteiger partial charge in [-0.15, -0.1) is 0 Å². The molecule has 2 aromatic carbocycles. The summed E-state index contributed by atoms with van der Waals surface area (Å²) in [5, 5.41) is 2.75. The summed E-state index contributed by atoms with van der Waals surface area (Å²) in [6, 6.07) is 16.9. The number of hydrogen-bond donors (Lipinski definition) is 1. The molecule has 9 heteroatoms. The number of furan rings is 1. The smallest absolute Gasteiger partial charge is 0.290 e. The Balaban J connectivity index is 1.43. The van der Waals surface area contributed by atoms with Gasteiger partial charge in [0, 0.05) is 17.8 Å². The lowest BCUT2D eigenvalue weighted by Gasteiger charge is -2.20.